The average Bonchev–Trinajstić information content (AvgIpc) is 3.03. The van der Waals surface area contributed by atoms with Gasteiger partial charge in [-0.05, 0) is 30.7 Å². The number of pyridine rings is 1. The van der Waals surface area contributed by atoms with Gasteiger partial charge in [0, 0.05) is 18.8 Å². The Morgan fingerprint density at radius 3 is 2.55 bits per heavy atom. The van der Waals surface area contributed by atoms with E-state index in [1.165, 1.54) is 42.7 Å². The first-order chi connectivity index (χ1) is 14.9. The number of carbonyl (C=O) groups is 5. The Morgan fingerprint density at radius 2 is 1.84 bits per heavy atom. The summed E-state index contributed by atoms with van der Waals surface area (Å²) in [5.41, 5.74) is 0.0959. The van der Waals surface area contributed by atoms with Crippen molar-refractivity contribution in [1.29, 1.82) is 0 Å². The van der Waals surface area contributed by atoms with Crippen molar-refractivity contribution in [2.75, 3.05) is 13.2 Å². The maximum atomic E-state index is 13.1. The number of piperidine rings is 1. The molecule has 4 amide bonds. The Balaban J connectivity index is 1.64. The van der Waals surface area contributed by atoms with E-state index in [1.807, 2.05) is 0 Å². The first kappa shape index (κ1) is 20.4. The summed E-state index contributed by atoms with van der Waals surface area (Å²) < 4.78 is 5.35. The SMILES string of the molecule is O=C(Oc1cccc2c1C(=O)N(C1CCC(=O)N(CCO)C1=O)C2=O)c1ccncc1. The molecule has 2 aliphatic rings. The van der Waals surface area contributed by atoms with Crippen molar-refractivity contribution in [3.63, 3.8) is 0 Å². The van der Waals surface area contributed by atoms with Gasteiger partial charge in [-0.3, -0.25) is 34.0 Å². The monoisotopic (exact) mass is 423 g/mol. The van der Waals surface area contributed by atoms with E-state index in [4.69, 9.17) is 9.84 Å². The maximum Gasteiger partial charge on any atom is 0.343 e. The van der Waals surface area contributed by atoms with Crippen LogP contribution in [0.15, 0.2) is 42.7 Å². The summed E-state index contributed by atoms with van der Waals surface area (Å²) in [6, 6.07) is 5.96. The van der Waals surface area contributed by atoms with E-state index >= 15 is 0 Å². The molecule has 1 aromatic carbocycles. The number of imide groups is 2. The molecule has 4 rings (SSSR count). The van der Waals surface area contributed by atoms with Crippen LogP contribution in [0.3, 0.4) is 0 Å². The van der Waals surface area contributed by atoms with Crippen LogP contribution in [0.2, 0.25) is 0 Å². The number of likely N-dealkylation sites (tertiary alicyclic amines) is 1. The fourth-order valence-electron chi connectivity index (χ4n) is 3.68. The molecule has 0 aliphatic carbocycles. The molecule has 31 heavy (non-hydrogen) atoms. The molecule has 10 heteroatoms. The van der Waals surface area contributed by atoms with Crippen LogP contribution >= 0.6 is 0 Å². The zero-order valence-electron chi connectivity index (χ0n) is 16.2. The number of fused-ring (bicyclic) bond motifs is 1. The van der Waals surface area contributed by atoms with E-state index in [0.717, 1.165) is 9.80 Å². The minimum absolute atomic E-state index is 0.00318. The van der Waals surface area contributed by atoms with Gasteiger partial charge >= 0.3 is 5.97 Å². The van der Waals surface area contributed by atoms with Crippen molar-refractivity contribution in [2.24, 2.45) is 0 Å². The maximum absolute atomic E-state index is 13.1. The van der Waals surface area contributed by atoms with E-state index in [2.05, 4.69) is 4.98 Å². The van der Waals surface area contributed by atoms with Crippen LogP contribution in [0.5, 0.6) is 5.75 Å². The van der Waals surface area contributed by atoms with E-state index in [0.29, 0.717) is 0 Å². The van der Waals surface area contributed by atoms with Crippen LogP contribution in [-0.2, 0) is 9.59 Å². The second kappa shape index (κ2) is 8.07. The van der Waals surface area contributed by atoms with E-state index in [9.17, 15) is 24.0 Å². The topological polar surface area (TPSA) is 134 Å². The molecule has 2 aromatic rings. The second-order valence-electron chi connectivity index (χ2n) is 6.95. The number of nitrogens with zero attached hydrogens (tertiary/aromatic N) is 3. The molecular weight excluding hydrogens is 406 g/mol. The van der Waals surface area contributed by atoms with Gasteiger partial charge in [0.25, 0.3) is 17.7 Å². The zero-order chi connectivity index (χ0) is 22.1. The number of benzene rings is 1. The van der Waals surface area contributed by atoms with E-state index in [-0.39, 0.29) is 41.8 Å². The van der Waals surface area contributed by atoms with Crippen LogP contribution in [-0.4, -0.2) is 68.7 Å². The molecule has 0 saturated carbocycles. The number of amides is 4. The van der Waals surface area contributed by atoms with Crippen molar-refractivity contribution < 1.29 is 33.8 Å². The quantitative estimate of drug-likeness (QED) is 0.415. The molecule has 0 radical (unpaired) electrons. The minimum atomic E-state index is -1.18. The van der Waals surface area contributed by atoms with Gasteiger partial charge in [0.15, 0.2) is 0 Å². The van der Waals surface area contributed by atoms with Gasteiger partial charge in [-0.2, -0.15) is 0 Å². The number of hydrogen-bond donors (Lipinski definition) is 1. The van der Waals surface area contributed by atoms with Crippen LogP contribution in [0, 0.1) is 0 Å². The number of carbonyl (C=O) groups excluding carboxylic acids is 5. The smallest absolute Gasteiger partial charge is 0.343 e. The molecule has 10 nitrogen and oxygen atoms in total. The molecule has 0 spiro atoms. The Bertz CT molecular complexity index is 1100. The fraction of sp³-hybridized carbons (Fsp3) is 0.238. The summed E-state index contributed by atoms with van der Waals surface area (Å²) >= 11 is 0. The summed E-state index contributed by atoms with van der Waals surface area (Å²) in [6.45, 7) is -0.645. The number of ether oxygens (including phenoxy) is 1. The van der Waals surface area contributed by atoms with Gasteiger partial charge < -0.3 is 9.84 Å². The van der Waals surface area contributed by atoms with Gasteiger partial charge in [-0.1, -0.05) is 6.07 Å². The first-order valence-electron chi connectivity index (χ1n) is 9.52. The largest absolute Gasteiger partial charge is 0.422 e. The third-order valence-corrected chi connectivity index (χ3v) is 5.15. The molecule has 1 atom stereocenters. The first-order valence-corrected chi connectivity index (χ1v) is 9.52. The van der Waals surface area contributed by atoms with E-state index in [1.54, 1.807) is 0 Å². The van der Waals surface area contributed by atoms with Crippen molar-refractivity contribution in [3.05, 3.63) is 59.4 Å². The number of β-amino-alcohol motifs (C(OH)–C–C–N with tert-alkyl or cyclic N) is 1. The molecule has 1 unspecified atom stereocenters. The highest BCUT2D eigenvalue weighted by atomic mass is 16.5. The van der Waals surface area contributed by atoms with Gasteiger partial charge in [0.2, 0.25) is 5.91 Å². The second-order valence-corrected chi connectivity index (χ2v) is 6.95. The third-order valence-electron chi connectivity index (χ3n) is 5.15. The predicted molar refractivity (Wildman–Crippen MR) is 103 cm³/mol. The minimum Gasteiger partial charge on any atom is -0.422 e. The van der Waals surface area contributed by atoms with Crippen LogP contribution in [0.1, 0.15) is 43.9 Å². The highest BCUT2D eigenvalue weighted by molar-refractivity contribution is 6.24. The molecule has 1 aromatic heterocycles. The third kappa shape index (κ3) is 3.46. The lowest BCUT2D eigenvalue weighted by atomic mass is 10.0. The van der Waals surface area contributed by atoms with Crippen LogP contribution < -0.4 is 4.74 Å². The molecule has 0 bridgehead atoms. The van der Waals surface area contributed by atoms with Gasteiger partial charge in [-0.15, -0.1) is 0 Å². The lowest BCUT2D eigenvalue weighted by molar-refractivity contribution is -0.152. The molecule has 1 saturated heterocycles. The molecule has 1 fully saturated rings. The standard InChI is InChI=1S/C21H17N3O7/c25-11-10-23-16(26)5-4-14(19(23)28)24-18(27)13-2-1-3-15(17(13)20(24)29)31-21(30)12-6-8-22-9-7-12/h1-3,6-9,14,25H,4-5,10-11H2. The predicted octanol–water partition coefficient (Wildman–Crippen LogP) is 0.407. The summed E-state index contributed by atoms with van der Waals surface area (Å²) in [6.07, 6.45) is 2.76. The highest BCUT2D eigenvalue weighted by Crippen LogP contribution is 2.34. The lowest BCUT2D eigenvalue weighted by Crippen LogP contribution is -2.56. The number of esters is 1. The number of aliphatic hydroxyl groups excluding tert-OH is 1. The molecule has 3 heterocycles. The Hall–Kier alpha value is -3.92. The summed E-state index contributed by atoms with van der Waals surface area (Å²) in [5, 5.41) is 9.12. The summed E-state index contributed by atoms with van der Waals surface area (Å²) in [4.78, 5) is 68.7. The summed E-state index contributed by atoms with van der Waals surface area (Å²) in [5.74, 6) is -3.53. The molecule has 1 N–H and O–H groups in total. The van der Waals surface area contributed by atoms with E-state index < -0.39 is 42.2 Å². The van der Waals surface area contributed by atoms with Gasteiger partial charge in [-0.25, -0.2) is 4.79 Å². The Kier molecular flexibility index (Phi) is 5.30. The summed E-state index contributed by atoms with van der Waals surface area (Å²) in [7, 11) is 0. The van der Waals surface area contributed by atoms with Crippen LogP contribution in [0.4, 0.5) is 0 Å². The normalized spacial score (nSPS) is 18.4. The Labute approximate surface area is 176 Å². The van der Waals surface area contributed by atoms with Crippen molar-refractivity contribution >= 4 is 29.6 Å². The lowest BCUT2D eigenvalue weighted by Gasteiger charge is -2.34. The fourth-order valence-corrected chi connectivity index (χ4v) is 3.68. The van der Waals surface area contributed by atoms with Crippen molar-refractivity contribution in [3.8, 4) is 5.75 Å². The average molecular weight is 423 g/mol. The molecule has 158 valence electrons. The van der Waals surface area contributed by atoms with Crippen LogP contribution in [0.25, 0.3) is 0 Å². The molecule has 2 aliphatic heterocycles. The number of rotatable bonds is 5. The van der Waals surface area contributed by atoms with Gasteiger partial charge in [0.1, 0.15) is 11.8 Å². The van der Waals surface area contributed by atoms with Crippen molar-refractivity contribution in [1.82, 2.24) is 14.8 Å². The number of hydrogen-bond acceptors (Lipinski definition) is 8. The highest BCUT2D eigenvalue weighted by Gasteiger charge is 2.48. The number of aliphatic hydroxyl groups is 1. The zero-order valence-corrected chi connectivity index (χ0v) is 16.2. The van der Waals surface area contributed by atoms with Gasteiger partial charge in [0.05, 0.1) is 29.8 Å². The number of aromatic nitrogens is 1. The molecular formula is C21H17N3O7. The Morgan fingerprint density at radius 1 is 1.10 bits per heavy atom. The van der Waals surface area contributed by atoms with Crippen molar-refractivity contribution in [2.45, 2.75) is 18.9 Å².